The third-order valence-electron chi connectivity index (χ3n) is 4.32. The van der Waals surface area contributed by atoms with Crippen LogP contribution in [0.3, 0.4) is 0 Å². The van der Waals surface area contributed by atoms with E-state index in [0.29, 0.717) is 16.8 Å². The number of carbonyl (C=O) groups excluding carboxylic acids is 1. The van der Waals surface area contributed by atoms with E-state index >= 15 is 0 Å². The van der Waals surface area contributed by atoms with E-state index in [2.05, 4.69) is 20.5 Å². The van der Waals surface area contributed by atoms with Crippen molar-refractivity contribution >= 4 is 11.7 Å². The molecule has 170 valence electrons. The highest BCUT2D eigenvalue weighted by Gasteiger charge is 2.37. The molecule has 1 aromatic carbocycles. The van der Waals surface area contributed by atoms with Crippen LogP contribution in [0.25, 0.3) is 17.3 Å². The molecule has 3 aromatic heterocycles. The molecule has 0 aliphatic heterocycles. The standard InChI is InChI=1S/C19H11F5N6O3/c1-29-18(32)33-17(28-29)13-7-14(19(22,23)24)30(27-13)10-3-5-15(25-8-10)26-16(31)11-4-2-9(20)6-12(11)21/h2-8H,1H3,(H,25,26,31). The molecule has 0 radical (unpaired) electrons. The number of hydrogen-bond donors (Lipinski definition) is 1. The number of aryl methyl sites for hydroxylation is 1. The molecule has 14 heteroatoms. The number of anilines is 1. The van der Waals surface area contributed by atoms with Crippen molar-refractivity contribution in [1.29, 1.82) is 0 Å². The van der Waals surface area contributed by atoms with Gasteiger partial charge in [-0.05, 0) is 24.3 Å². The van der Waals surface area contributed by atoms with Gasteiger partial charge in [-0.1, -0.05) is 0 Å². The molecular formula is C19H11F5N6O3. The monoisotopic (exact) mass is 466 g/mol. The third-order valence-corrected chi connectivity index (χ3v) is 4.32. The molecule has 9 nitrogen and oxygen atoms in total. The van der Waals surface area contributed by atoms with Crippen LogP contribution in [0.5, 0.6) is 0 Å². The molecule has 0 aliphatic carbocycles. The van der Waals surface area contributed by atoms with Gasteiger partial charge in [0.1, 0.15) is 23.1 Å². The van der Waals surface area contributed by atoms with Gasteiger partial charge in [0.25, 0.3) is 11.8 Å². The fourth-order valence-corrected chi connectivity index (χ4v) is 2.78. The lowest BCUT2D eigenvalue weighted by molar-refractivity contribution is -0.142. The lowest BCUT2D eigenvalue weighted by Crippen LogP contribution is -2.16. The highest BCUT2D eigenvalue weighted by Crippen LogP contribution is 2.33. The first-order chi connectivity index (χ1) is 15.5. The van der Waals surface area contributed by atoms with Gasteiger partial charge in [-0.2, -0.15) is 23.0 Å². The summed E-state index contributed by atoms with van der Waals surface area (Å²) in [6, 6.07) is 5.35. The van der Waals surface area contributed by atoms with Gasteiger partial charge >= 0.3 is 11.9 Å². The van der Waals surface area contributed by atoms with Gasteiger partial charge in [-0.15, -0.1) is 5.10 Å². The maximum absolute atomic E-state index is 13.7. The maximum atomic E-state index is 13.7. The second-order valence-electron chi connectivity index (χ2n) is 6.60. The van der Waals surface area contributed by atoms with Crippen LogP contribution < -0.4 is 11.1 Å². The van der Waals surface area contributed by atoms with Gasteiger partial charge in [0.2, 0.25) is 0 Å². The number of alkyl halides is 3. The minimum Gasteiger partial charge on any atom is -0.386 e. The number of nitrogens with one attached hydrogen (secondary N) is 1. The summed E-state index contributed by atoms with van der Waals surface area (Å²) in [7, 11) is 1.26. The van der Waals surface area contributed by atoms with Gasteiger partial charge in [-0.3, -0.25) is 4.79 Å². The Labute approximate surface area is 180 Å². The van der Waals surface area contributed by atoms with Crippen LogP contribution in [0, 0.1) is 11.6 Å². The van der Waals surface area contributed by atoms with Crippen LogP contribution >= 0.6 is 0 Å². The Kier molecular flexibility index (Phi) is 5.27. The average Bonchev–Trinajstić information content (AvgIpc) is 3.32. The van der Waals surface area contributed by atoms with E-state index in [9.17, 15) is 31.5 Å². The molecule has 0 unspecified atom stereocenters. The quantitative estimate of drug-likeness (QED) is 0.463. The Bertz CT molecular complexity index is 1400. The average molecular weight is 466 g/mol. The largest absolute Gasteiger partial charge is 0.437 e. The highest BCUT2D eigenvalue weighted by molar-refractivity contribution is 6.03. The van der Waals surface area contributed by atoms with E-state index in [4.69, 9.17) is 4.42 Å². The SMILES string of the molecule is Cn1nc(-c2cc(C(F)(F)F)n(-c3ccc(NC(=O)c4ccc(F)cc4F)nc3)n2)oc1=O. The Hall–Kier alpha value is -4.36. The van der Waals surface area contributed by atoms with Crippen molar-refractivity contribution in [2.75, 3.05) is 5.32 Å². The summed E-state index contributed by atoms with van der Waals surface area (Å²) in [6.07, 6.45) is -3.84. The number of halogens is 5. The van der Waals surface area contributed by atoms with Gasteiger partial charge in [0.15, 0.2) is 5.69 Å². The molecule has 0 bridgehead atoms. The molecule has 1 amide bonds. The number of aromatic nitrogens is 5. The second kappa shape index (κ2) is 7.96. The first kappa shape index (κ1) is 21.9. The number of amides is 1. The predicted octanol–water partition coefficient (Wildman–Crippen LogP) is 3.17. The zero-order valence-electron chi connectivity index (χ0n) is 16.4. The van der Waals surface area contributed by atoms with Crippen molar-refractivity contribution < 1.29 is 31.2 Å². The molecule has 0 fully saturated rings. The molecule has 3 heterocycles. The van der Waals surface area contributed by atoms with E-state index in [1.165, 1.54) is 13.1 Å². The molecule has 0 saturated heterocycles. The van der Waals surface area contributed by atoms with Crippen LogP contribution in [-0.4, -0.2) is 30.5 Å². The minimum absolute atomic E-state index is 0.107. The van der Waals surface area contributed by atoms with Crippen LogP contribution in [0.1, 0.15) is 16.1 Å². The third kappa shape index (κ3) is 4.35. The molecule has 33 heavy (non-hydrogen) atoms. The number of hydrogen-bond acceptors (Lipinski definition) is 6. The van der Waals surface area contributed by atoms with Gasteiger partial charge in [-0.25, -0.2) is 23.2 Å². The number of pyridine rings is 1. The van der Waals surface area contributed by atoms with Crippen LogP contribution in [0.2, 0.25) is 0 Å². The first-order valence-corrected chi connectivity index (χ1v) is 8.97. The summed E-state index contributed by atoms with van der Waals surface area (Å²) >= 11 is 0. The number of nitrogens with zero attached hydrogens (tertiary/aromatic N) is 5. The lowest BCUT2D eigenvalue weighted by atomic mass is 10.2. The summed E-state index contributed by atoms with van der Waals surface area (Å²) < 4.78 is 73.4. The summed E-state index contributed by atoms with van der Waals surface area (Å²) in [6.45, 7) is 0. The molecule has 4 rings (SSSR count). The molecule has 0 saturated carbocycles. The van der Waals surface area contributed by atoms with Crippen molar-refractivity contribution in [1.82, 2.24) is 24.5 Å². The molecule has 0 aliphatic rings. The Morgan fingerprint density at radius 1 is 1.09 bits per heavy atom. The van der Waals surface area contributed by atoms with Gasteiger partial charge in [0, 0.05) is 19.2 Å². The molecule has 0 spiro atoms. The summed E-state index contributed by atoms with van der Waals surface area (Å²) in [5, 5.41) is 9.74. The summed E-state index contributed by atoms with van der Waals surface area (Å²) in [4.78, 5) is 27.4. The predicted molar refractivity (Wildman–Crippen MR) is 101 cm³/mol. The fraction of sp³-hybridized carbons (Fsp3) is 0.105. The topological polar surface area (TPSA) is 108 Å². The fourth-order valence-electron chi connectivity index (χ4n) is 2.78. The summed E-state index contributed by atoms with van der Waals surface area (Å²) in [5.74, 6) is -4.29. The van der Waals surface area contributed by atoms with E-state index in [-0.39, 0.29) is 17.2 Å². The van der Waals surface area contributed by atoms with E-state index in [1.807, 2.05) is 0 Å². The zero-order valence-corrected chi connectivity index (χ0v) is 16.4. The lowest BCUT2D eigenvalue weighted by Gasteiger charge is -2.10. The first-order valence-electron chi connectivity index (χ1n) is 8.97. The van der Waals surface area contributed by atoms with Crippen molar-refractivity contribution in [3.63, 3.8) is 0 Å². The van der Waals surface area contributed by atoms with Gasteiger partial charge < -0.3 is 9.73 Å². The second-order valence-corrected chi connectivity index (χ2v) is 6.60. The highest BCUT2D eigenvalue weighted by atomic mass is 19.4. The van der Waals surface area contributed by atoms with Crippen molar-refractivity contribution in [3.05, 3.63) is 76.0 Å². The Morgan fingerprint density at radius 2 is 1.85 bits per heavy atom. The molecule has 4 aromatic rings. The number of carbonyl (C=O) groups is 1. The van der Waals surface area contributed by atoms with Crippen LogP contribution in [-0.2, 0) is 13.2 Å². The van der Waals surface area contributed by atoms with Crippen molar-refractivity contribution in [2.24, 2.45) is 7.05 Å². The van der Waals surface area contributed by atoms with Crippen LogP contribution in [0.4, 0.5) is 27.8 Å². The molecule has 1 N–H and O–H groups in total. The summed E-state index contributed by atoms with van der Waals surface area (Å²) in [5.41, 5.74) is -2.13. The van der Waals surface area contributed by atoms with Crippen molar-refractivity contribution in [3.8, 4) is 17.3 Å². The van der Waals surface area contributed by atoms with Gasteiger partial charge in [0.05, 0.1) is 17.4 Å². The number of benzene rings is 1. The maximum Gasteiger partial charge on any atom is 0.437 e. The smallest absolute Gasteiger partial charge is 0.386 e. The number of rotatable bonds is 4. The molecule has 0 atom stereocenters. The van der Waals surface area contributed by atoms with E-state index in [1.54, 1.807) is 0 Å². The van der Waals surface area contributed by atoms with E-state index in [0.717, 1.165) is 29.1 Å². The normalized spacial score (nSPS) is 11.6. The minimum atomic E-state index is -4.83. The molecular weight excluding hydrogens is 455 g/mol. The Morgan fingerprint density at radius 3 is 2.42 bits per heavy atom. The van der Waals surface area contributed by atoms with Crippen molar-refractivity contribution in [2.45, 2.75) is 6.18 Å². The Balaban J connectivity index is 1.64. The van der Waals surface area contributed by atoms with E-state index < -0.39 is 46.6 Å². The zero-order chi connectivity index (χ0) is 23.9. The van der Waals surface area contributed by atoms with Crippen LogP contribution in [0.15, 0.2) is 51.8 Å².